The molecule has 0 amide bonds. The molecule has 25 heavy (non-hydrogen) atoms. The largest absolute Gasteiger partial charge is 0.462 e. The average Bonchev–Trinajstić information content (AvgIpc) is 2.62. The SMILES string of the molecule is CCCCCCCC/C=C/CCOC(=O)/C=C/CCCCCCCC. The first-order valence-electron chi connectivity index (χ1n) is 10.8. The first-order valence-corrected chi connectivity index (χ1v) is 10.8. The van der Waals surface area contributed by atoms with Crippen molar-refractivity contribution in [2.24, 2.45) is 0 Å². The Morgan fingerprint density at radius 1 is 0.640 bits per heavy atom. The van der Waals surface area contributed by atoms with Crippen molar-refractivity contribution < 1.29 is 9.53 Å². The molecule has 0 radical (unpaired) electrons. The zero-order chi connectivity index (χ0) is 18.4. The molecule has 0 unspecified atom stereocenters. The van der Waals surface area contributed by atoms with Gasteiger partial charge in [0.15, 0.2) is 0 Å². The summed E-state index contributed by atoms with van der Waals surface area (Å²) >= 11 is 0. The van der Waals surface area contributed by atoms with Crippen LogP contribution in [0.15, 0.2) is 24.3 Å². The molecule has 0 heterocycles. The third-order valence-electron chi connectivity index (χ3n) is 4.40. The van der Waals surface area contributed by atoms with E-state index in [2.05, 4.69) is 26.0 Å². The highest BCUT2D eigenvalue weighted by molar-refractivity contribution is 5.81. The first-order chi connectivity index (χ1) is 12.3. The van der Waals surface area contributed by atoms with Gasteiger partial charge in [0.05, 0.1) is 6.61 Å². The Morgan fingerprint density at radius 3 is 1.72 bits per heavy atom. The molecular weight excluding hydrogens is 308 g/mol. The van der Waals surface area contributed by atoms with Gasteiger partial charge < -0.3 is 4.74 Å². The number of ether oxygens (including phenoxy) is 1. The van der Waals surface area contributed by atoms with Crippen molar-refractivity contribution in [3.05, 3.63) is 24.3 Å². The molecule has 0 fully saturated rings. The van der Waals surface area contributed by atoms with Crippen molar-refractivity contribution in [2.75, 3.05) is 6.61 Å². The average molecular weight is 351 g/mol. The Bertz CT molecular complexity index is 331. The smallest absolute Gasteiger partial charge is 0.330 e. The van der Waals surface area contributed by atoms with Crippen LogP contribution in [0.5, 0.6) is 0 Å². The lowest BCUT2D eigenvalue weighted by Crippen LogP contribution is -2.01. The van der Waals surface area contributed by atoms with E-state index in [1.807, 2.05) is 6.08 Å². The van der Waals surface area contributed by atoms with Crippen LogP contribution < -0.4 is 0 Å². The van der Waals surface area contributed by atoms with Crippen LogP contribution in [0, 0.1) is 0 Å². The maximum atomic E-state index is 11.5. The quantitative estimate of drug-likeness (QED) is 0.110. The summed E-state index contributed by atoms with van der Waals surface area (Å²) in [5, 5.41) is 0. The fraction of sp³-hybridized carbons (Fsp3) is 0.783. The summed E-state index contributed by atoms with van der Waals surface area (Å²) in [6.45, 7) is 4.98. The molecule has 146 valence electrons. The Kier molecular flexibility index (Phi) is 20.1. The molecule has 0 aliphatic carbocycles. The van der Waals surface area contributed by atoms with E-state index in [0.29, 0.717) is 6.61 Å². The van der Waals surface area contributed by atoms with Crippen LogP contribution in [0.3, 0.4) is 0 Å². The van der Waals surface area contributed by atoms with E-state index >= 15 is 0 Å². The van der Waals surface area contributed by atoms with E-state index in [-0.39, 0.29) is 5.97 Å². The van der Waals surface area contributed by atoms with Gasteiger partial charge in [0.1, 0.15) is 0 Å². The van der Waals surface area contributed by atoms with Gasteiger partial charge >= 0.3 is 5.97 Å². The highest BCUT2D eigenvalue weighted by Crippen LogP contribution is 2.08. The zero-order valence-electron chi connectivity index (χ0n) is 16.9. The molecule has 2 nitrogen and oxygen atoms in total. The number of rotatable bonds is 18. The number of allylic oxidation sites excluding steroid dienone is 2. The number of carbonyl (C=O) groups excluding carboxylic acids is 1. The van der Waals surface area contributed by atoms with Gasteiger partial charge in [-0.05, 0) is 32.1 Å². The summed E-state index contributed by atoms with van der Waals surface area (Å²) in [7, 11) is 0. The number of carbonyl (C=O) groups is 1. The van der Waals surface area contributed by atoms with Crippen molar-refractivity contribution in [1.29, 1.82) is 0 Å². The molecule has 0 bridgehead atoms. The van der Waals surface area contributed by atoms with E-state index in [9.17, 15) is 4.79 Å². The second kappa shape index (κ2) is 21.0. The summed E-state index contributed by atoms with van der Waals surface area (Å²) in [6, 6.07) is 0. The summed E-state index contributed by atoms with van der Waals surface area (Å²) in [5.74, 6) is -0.199. The molecule has 0 aromatic heterocycles. The standard InChI is InChI=1S/C23H42O2/c1-3-5-7-9-11-13-14-16-18-20-22-25-23(24)21-19-17-15-12-10-8-6-4-2/h16,18-19,21H,3-15,17,20,22H2,1-2H3/b18-16+,21-19+. The topological polar surface area (TPSA) is 26.3 Å². The lowest BCUT2D eigenvalue weighted by atomic mass is 10.1. The number of esters is 1. The number of hydrogen-bond acceptors (Lipinski definition) is 2. The van der Waals surface area contributed by atoms with E-state index < -0.39 is 0 Å². The number of unbranched alkanes of at least 4 members (excludes halogenated alkanes) is 12. The summed E-state index contributed by atoms with van der Waals surface area (Å²) in [6.07, 6.45) is 26.6. The molecule has 0 saturated heterocycles. The van der Waals surface area contributed by atoms with Crippen LogP contribution in [0.25, 0.3) is 0 Å². The van der Waals surface area contributed by atoms with E-state index in [4.69, 9.17) is 4.74 Å². The van der Waals surface area contributed by atoms with Crippen LogP contribution in [-0.4, -0.2) is 12.6 Å². The van der Waals surface area contributed by atoms with Crippen molar-refractivity contribution in [3.63, 3.8) is 0 Å². The minimum Gasteiger partial charge on any atom is -0.462 e. The van der Waals surface area contributed by atoms with Crippen LogP contribution >= 0.6 is 0 Å². The zero-order valence-corrected chi connectivity index (χ0v) is 16.9. The maximum absolute atomic E-state index is 11.5. The molecule has 0 aromatic carbocycles. The van der Waals surface area contributed by atoms with E-state index in [1.165, 1.54) is 77.0 Å². The highest BCUT2D eigenvalue weighted by atomic mass is 16.5. The molecule has 0 atom stereocenters. The molecule has 0 spiro atoms. The molecule has 0 aliphatic rings. The molecule has 0 rings (SSSR count). The van der Waals surface area contributed by atoms with Crippen LogP contribution in [0.2, 0.25) is 0 Å². The second-order valence-electron chi connectivity index (χ2n) is 6.94. The first kappa shape index (κ1) is 23.9. The second-order valence-corrected chi connectivity index (χ2v) is 6.94. The Balaban J connectivity index is 3.34. The predicted molar refractivity (Wildman–Crippen MR) is 110 cm³/mol. The number of hydrogen-bond donors (Lipinski definition) is 0. The monoisotopic (exact) mass is 350 g/mol. The minimum absolute atomic E-state index is 0.199. The molecular formula is C23H42O2. The lowest BCUT2D eigenvalue weighted by molar-refractivity contribution is -0.137. The van der Waals surface area contributed by atoms with E-state index in [0.717, 1.165) is 19.3 Å². The van der Waals surface area contributed by atoms with Crippen LogP contribution in [0.1, 0.15) is 110 Å². The molecule has 0 aliphatic heterocycles. The molecule has 0 aromatic rings. The van der Waals surface area contributed by atoms with Crippen LogP contribution in [-0.2, 0) is 9.53 Å². The van der Waals surface area contributed by atoms with Gasteiger partial charge in [0.2, 0.25) is 0 Å². The fourth-order valence-electron chi connectivity index (χ4n) is 2.78. The Labute approximate surface area is 157 Å². The Morgan fingerprint density at radius 2 is 1.12 bits per heavy atom. The summed E-state index contributed by atoms with van der Waals surface area (Å²) in [4.78, 5) is 11.5. The van der Waals surface area contributed by atoms with Crippen molar-refractivity contribution in [2.45, 2.75) is 110 Å². The van der Waals surface area contributed by atoms with Crippen molar-refractivity contribution in [1.82, 2.24) is 0 Å². The summed E-state index contributed by atoms with van der Waals surface area (Å²) < 4.78 is 5.20. The lowest BCUT2D eigenvalue weighted by Gasteiger charge is -2.00. The van der Waals surface area contributed by atoms with Gasteiger partial charge in [0.25, 0.3) is 0 Å². The molecule has 0 N–H and O–H groups in total. The predicted octanol–water partition coefficient (Wildman–Crippen LogP) is 7.53. The Hall–Kier alpha value is -1.05. The summed E-state index contributed by atoms with van der Waals surface area (Å²) in [5.41, 5.74) is 0. The maximum Gasteiger partial charge on any atom is 0.330 e. The van der Waals surface area contributed by atoms with Crippen molar-refractivity contribution >= 4 is 5.97 Å². The third kappa shape index (κ3) is 20.9. The van der Waals surface area contributed by atoms with Crippen molar-refractivity contribution in [3.8, 4) is 0 Å². The normalized spacial score (nSPS) is 11.6. The van der Waals surface area contributed by atoms with Gasteiger partial charge in [-0.25, -0.2) is 4.79 Å². The van der Waals surface area contributed by atoms with Gasteiger partial charge in [-0.3, -0.25) is 0 Å². The van der Waals surface area contributed by atoms with Gasteiger partial charge in [0, 0.05) is 6.08 Å². The van der Waals surface area contributed by atoms with E-state index in [1.54, 1.807) is 6.08 Å². The van der Waals surface area contributed by atoms with Gasteiger partial charge in [-0.15, -0.1) is 0 Å². The third-order valence-corrected chi connectivity index (χ3v) is 4.40. The molecule has 0 saturated carbocycles. The van der Waals surface area contributed by atoms with Crippen LogP contribution in [0.4, 0.5) is 0 Å². The van der Waals surface area contributed by atoms with Gasteiger partial charge in [-0.1, -0.05) is 96.3 Å². The van der Waals surface area contributed by atoms with Gasteiger partial charge in [-0.2, -0.15) is 0 Å². The molecule has 2 heteroatoms. The highest BCUT2D eigenvalue weighted by Gasteiger charge is 1.95. The minimum atomic E-state index is -0.199. The fourth-order valence-corrected chi connectivity index (χ4v) is 2.78.